The van der Waals surface area contributed by atoms with E-state index in [-0.39, 0.29) is 18.5 Å². The number of amides is 1. The van der Waals surface area contributed by atoms with Crippen LogP contribution < -0.4 is 5.32 Å². The van der Waals surface area contributed by atoms with Gasteiger partial charge in [0, 0.05) is 12.8 Å². The highest BCUT2D eigenvalue weighted by Gasteiger charge is 2.18. The molecule has 328 valence electrons. The van der Waals surface area contributed by atoms with Crippen molar-refractivity contribution in [1.29, 1.82) is 0 Å². The minimum atomic E-state index is -0.859. The minimum absolute atomic E-state index is 0.0289. The molecule has 0 aromatic rings. The van der Waals surface area contributed by atoms with E-state index >= 15 is 0 Å². The van der Waals surface area contributed by atoms with Gasteiger partial charge in [-0.05, 0) is 89.9 Å². The van der Waals surface area contributed by atoms with Crippen LogP contribution in [-0.2, 0) is 14.3 Å². The Labute approximate surface area is 347 Å². The number of hydrogen-bond acceptors (Lipinski definition) is 5. The number of carbonyl (C=O) groups excluding carboxylic acids is 2. The van der Waals surface area contributed by atoms with Crippen LogP contribution in [-0.4, -0.2) is 47.4 Å². The van der Waals surface area contributed by atoms with E-state index in [4.69, 9.17) is 4.74 Å². The summed E-state index contributed by atoms with van der Waals surface area (Å²) >= 11 is 0. The topological polar surface area (TPSA) is 95.9 Å². The lowest BCUT2D eigenvalue weighted by Gasteiger charge is -2.20. The summed E-state index contributed by atoms with van der Waals surface area (Å²) in [6.07, 6.45) is 54.3. The highest BCUT2D eigenvalue weighted by molar-refractivity contribution is 5.76. The molecule has 0 heterocycles. The van der Waals surface area contributed by atoms with E-state index in [1.54, 1.807) is 6.08 Å². The largest absolute Gasteiger partial charge is 0.466 e. The second kappa shape index (κ2) is 45.8. The molecule has 2 unspecified atom stereocenters. The van der Waals surface area contributed by atoms with Gasteiger partial charge >= 0.3 is 5.97 Å². The third-order valence-corrected chi connectivity index (χ3v) is 10.9. The zero-order valence-corrected chi connectivity index (χ0v) is 37.1. The van der Waals surface area contributed by atoms with Gasteiger partial charge in [-0.15, -0.1) is 0 Å². The molecule has 0 aromatic heterocycles. The van der Waals surface area contributed by atoms with Crippen LogP contribution in [0.1, 0.15) is 245 Å². The Hall–Kier alpha value is -1.92. The fraction of sp³-hybridized carbons (Fsp3) is 0.840. The number of allylic oxidation sites excluding steroid dienone is 5. The second-order valence-electron chi connectivity index (χ2n) is 16.4. The average molecular weight is 788 g/mol. The molecule has 56 heavy (non-hydrogen) atoms. The number of rotatable bonds is 44. The first-order valence-corrected chi connectivity index (χ1v) is 24.3. The molecule has 3 N–H and O–H groups in total. The first-order valence-electron chi connectivity index (χ1n) is 24.3. The number of ether oxygens (including phenoxy) is 1. The van der Waals surface area contributed by atoms with Crippen molar-refractivity contribution in [2.75, 3.05) is 13.2 Å². The number of hydrogen-bond donors (Lipinski definition) is 3. The molecule has 6 nitrogen and oxygen atoms in total. The van der Waals surface area contributed by atoms with Crippen molar-refractivity contribution in [2.24, 2.45) is 0 Å². The molecule has 0 radical (unpaired) electrons. The summed E-state index contributed by atoms with van der Waals surface area (Å²) in [5, 5.41) is 22.9. The van der Waals surface area contributed by atoms with E-state index in [0.29, 0.717) is 19.4 Å². The van der Waals surface area contributed by atoms with Crippen LogP contribution in [0.25, 0.3) is 0 Å². The van der Waals surface area contributed by atoms with Gasteiger partial charge in [-0.2, -0.15) is 0 Å². The molecule has 0 aromatic carbocycles. The molecule has 2 atom stereocenters. The molecule has 1 amide bonds. The van der Waals surface area contributed by atoms with Crippen LogP contribution in [0.4, 0.5) is 0 Å². The normalized spacial score (nSPS) is 13.0. The first-order chi connectivity index (χ1) is 27.5. The molecule has 0 aliphatic rings. The molecule has 0 saturated heterocycles. The maximum atomic E-state index is 12.4. The monoisotopic (exact) mass is 788 g/mol. The number of aliphatic hydroxyl groups excluding tert-OH is 2. The van der Waals surface area contributed by atoms with Gasteiger partial charge in [0.25, 0.3) is 0 Å². The SMILES string of the molecule is CCCCCCCC/C=C\CCCCCCCCCC(=O)OCCCCC/C=C\CCCCCCCC(=O)NC(CO)C(O)/C=C/CCCCCCCCCC. The summed E-state index contributed by atoms with van der Waals surface area (Å²) < 4.78 is 5.44. The van der Waals surface area contributed by atoms with Crippen LogP contribution in [0.15, 0.2) is 36.5 Å². The number of esters is 1. The Morgan fingerprint density at radius 3 is 1.27 bits per heavy atom. The van der Waals surface area contributed by atoms with Gasteiger partial charge in [-0.1, -0.05) is 179 Å². The summed E-state index contributed by atoms with van der Waals surface area (Å²) in [6.45, 7) is 4.80. The Kier molecular flexibility index (Phi) is 44.2. The van der Waals surface area contributed by atoms with E-state index in [1.165, 1.54) is 135 Å². The molecule has 0 aliphatic carbocycles. The van der Waals surface area contributed by atoms with Crippen LogP contribution in [0.2, 0.25) is 0 Å². The van der Waals surface area contributed by atoms with Gasteiger partial charge in [0.05, 0.1) is 25.4 Å². The molecule has 0 bridgehead atoms. The number of carbonyl (C=O) groups is 2. The summed E-state index contributed by atoms with van der Waals surface area (Å²) in [6, 6.07) is -0.645. The molecule has 6 heteroatoms. The van der Waals surface area contributed by atoms with E-state index in [0.717, 1.165) is 83.5 Å². The van der Waals surface area contributed by atoms with Gasteiger partial charge in [0.15, 0.2) is 0 Å². The van der Waals surface area contributed by atoms with Crippen molar-refractivity contribution in [3.63, 3.8) is 0 Å². The van der Waals surface area contributed by atoms with E-state index in [2.05, 4.69) is 43.5 Å². The molecule has 0 spiro atoms. The quantitative estimate of drug-likeness (QED) is 0.0325. The molecular formula is C50H93NO5. The van der Waals surface area contributed by atoms with Crippen molar-refractivity contribution in [3.8, 4) is 0 Å². The molecule has 0 saturated carbocycles. The first kappa shape index (κ1) is 54.1. The Morgan fingerprint density at radius 1 is 0.482 bits per heavy atom. The van der Waals surface area contributed by atoms with Crippen molar-refractivity contribution < 1.29 is 24.5 Å². The Bertz CT molecular complexity index is 915. The van der Waals surface area contributed by atoms with Crippen molar-refractivity contribution >= 4 is 11.9 Å². The van der Waals surface area contributed by atoms with Gasteiger partial charge in [-0.25, -0.2) is 0 Å². The molecule has 0 aliphatic heterocycles. The highest BCUT2D eigenvalue weighted by atomic mass is 16.5. The number of aliphatic hydroxyl groups is 2. The zero-order valence-electron chi connectivity index (χ0n) is 37.1. The second-order valence-corrected chi connectivity index (χ2v) is 16.4. The summed E-state index contributed by atoms with van der Waals surface area (Å²) in [5.74, 6) is -0.126. The summed E-state index contributed by atoms with van der Waals surface area (Å²) in [5.41, 5.74) is 0. The summed E-state index contributed by atoms with van der Waals surface area (Å²) in [7, 11) is 0. The van der Waals surface area contributed by atoms with Crippen LogP contribution in [0, 0.1) is 0 Å². The lowest BCUT2D eigenvalue weighted by molar-refractivity contribution is -0.143. The number of nitrogens with one attached hydrogen (secondary N) is 1. The lowest BCUT2D eigenvalue weighted by Crippen LogP contribution is -2.45. The van der Waals surface area contributed by atoms with Crippen molar-refractivity contribution in [2.45, 2.75) is 257 Å². The summed E-state index contributed by atoms with van der Waals surface area (Å²) in [4.78, 5) is 24.4. The van der Waals surface area contributed by atoms with Crippen LogP contribution in [0.5, 0.6) is 0 Å². The third kappa shape index (κ3) is 41.7. The Balaban J connectivity index is 3.52. The smallest absolute Gasteiger partial charge is 0.305 e. The van der Waals surface area contributed by atoms with Crippen molar-refractivity contribution in [3.05, 3.63) is 36.5 Å². The van der Waals surface area contributed by atoms with Gasteiger partial charge in [-0.3, -0.25) is 9.59 Å². The van der Waals surface area contributed by atoms with E-state index < -0.39 is 12.1 Å². The van der Waals surface area contributed by atoms with Gasteiger partial charge in [0.1, 0.15) is 0 Å². The highest BCUT2D eigenvalue weighted by Crippen LogP contribution is 2.14. The fourth-order valence-electron chi connectivity index (χ4n) is 7.09. The Morgan fingerprint density at radius 2 is 0.839 bits per heavy atom. The van der Waals surface area contributed by atoms with Crippen LogP contribution in [0.3, 0.4) is 0 Å². The van der Waals surface area contributed by atoms with E-state index in [9.17, 15) is 19.8 Å². The minimum Gasteiger partial charge on any atom is -0.466 e. The lowest BCUT2D eigenvalue weighted by atomic mass is 10.1. The zero-order chi connectivity index (χ0) is 40.8. The molecular weight excluding hydrogens is 695 g/mol. The van der Waals surface area contributed by atoms with E-state index in [1.807, 2.05) is 6.08 Å². The average Bonchev–Trinajstić information content (AvgIpc) is 3.20. The maximum Gasteiger partial charge on any atom is 0.305 e. The maximum absolute atomic E-state index is 12.4. The molecule has 0 rings (SSSR count). The predicted molar refractivity (Wildman–Crippen MR) is 241 cm³/mol. The molecule has 0 fully saturated rings. The number of unbranched alkanes of at least 4 members (excludes halogenated alkanes) is 29. The van der Waals surface area contributed by atoms with Crippen LogP contribution >= 0.6 is 0 Å². The van der Waals surface area contributed by atoms with Crippen molar-refractivity contribution in [1.82, 2.24) is 5.32 Å². The van der Waals surface area contributed by atoms with Gasteiger partial charge < -0.3 is 20.3 Å². The standard InChI is InChI=1S/C50H93NO5/c1-3-5-7-9-11-13-15-16-17-18-19-20-24-28-32-36-40-44-50(55)56-45-41-37-33-29-25-22-21-23-27-31-35-39-43-49(54)51-47(46-52)48(53)42-38-34-30-26-14-12-10-8-6-4-2/h16-17,22,25,38,42,47-48,52-53H,3-15,18-21,23-24,26-37,39-41,43-46H2,1-2H3,(H,51,54)/b17-16-,25-22-,42-38+. The predicted octanol–water partition coefficient (Wildman–Crippen LogP) is 14.1. The third-order valence-electron chi connectivity index (χ3n) is 10.9. The van der Waals surface area contributed by atoms with Gasteiger partial charge in [0.2, 0.25) is 5.91 Å². The fourth-order valence-corrected chi connectivity index (χ4v) is 7.09.